The van der Waals surface area contributed by atoms with Crippen LogP contribution in [-0.4, -0.2) is 77.4 Å². The van der Waals surface area contributed by atoms with Crippen molar-refractivity contribution in [3.8, 4) is 0 Å². The van der Waals surface area contributed by atoms with Crippen LogP contribution in [0.4, 0.5) is 4.79 Å². The van der Waals surface area contributed by atoms with Gasteiger partial charge < -0.3 is 32.5 Å². The summed E-state index contributed by atoms with van der Waals surface area (Å²) in [4.78, 5) is 64.2. The monoisotopic (exact) mass is 427 g/mol. The van der Waals surface area contributed by atoms with Crippen molar-refractivity contribution in [3.63, 3.8) is 0 Å². The van der Waals surface area contributed by atoms with Gasteiger partial charge in [0.2, 0.25) is 11.8 Å². The summed E-state index contributed by atoms with van der Waals surface area (Å²) < 4.78 is 0. The van der Waals surface area contributed by atoms with Crippen molar-refractivity contribution in [2.24, 2.45) is 16.5 Å². The average molecular weight is 427 g/mol. The quantitative estimate of drug-likeness (QED) is 0.0822. The minimum absolute atomic E-state index is 0.0790. The fraction of sp³-hybridized carbons (Fsp3) is 0.647. The van der Waals surface area contributed by atoms with Crippen molar-refractivity contribution in [2.75, 3.05) is 19.6 Å². The maximum absolute atomic E-state index is 12.4. The Bertz CT molecular complexity index is 692. The SMILES string of the molecule is CCCCNC(=O)[C@H](CC(=O)O)NC(=O)CN1C(=O)N[C@@H](CCCN=C(N)N)C1=O. The molecule has 8 N–H and O–H groups in total. The molecule has 13 heteroatoms. The Hall–Kier alpha value is -3.38. The molecule has 1 heterocycles. The van der Waals surface area contributed by atoms with E-state index in [0.29, 0.717) is 24.3 Å². The van der Waals surface area contributed by atoms with Gasteiger partial charge in [-0.05, 0) is 19.3 Å². The average Bonchev–Trinajstić information content (AvgIpc) is 2.91. The fourth-order valence-corrected chi connectivity index (χ4v) is 2.70. The number of rotatable bonds is 13. The highest BCUT2D eigenvalue weighted by Crippen LogP contribution is 2.11. The summed E-state index contributed by atoms with van der Waals surface area (Å²) in [6.07, 6.45) is 1.62. The first kappa shape index (κ1) is 24.7. The van der Waals surface area contributed by atoms with E-state index in [1.165, 1.54) is 0 Å². The third-order valence-corrected chi connectivity index (χ3v) is 4.21. The lowest BCUT2D eigenvalue weighted by molar-refractivity contribution is -0.141. The largest absolute Gasteiger partial charge is 0.481 e. The lowest BCUT2D eigenvalue weighted by atomic mass is 10.1. The van der Waals surface area contributed by atoms with Gasteiger partial charge in [0.15, 0.2) is 5.96 Å². The molecule has 1 saturated heterocycles. The number of urea groups is 1. The van der Waals surface area contributed by atoms with Crippen molar-refractivity contribution in [1.29, 1.82) is 0 Å². The van der Waals surface area contributed by atoms with Gasteiger partial charge in [-0.3, -0.25) is 29.1 Å². The van der Waals surface area contributed by atoms with Crippen molar-refractivity contribution in [1.82, 2.24) is 20.9 Å². The minimum atomic E-state index is -1.32. The third-order valence-electron chi connectivity index (χ3n) is 4.21. The van der Waals surface area contributed by atoms with E-state index in [4.69, 9.17) is 16.6 Å². The zero-order valence-electron chi connectivity index (χ0n) is 16.8. The van der Waals surface area contributed by atoms with Gasteiger partial charge in [0.05, 0.1) is 6.42 Å². The summed E-state index contributed by atoms with van der Waals surface area (Å²) in [6, 6.07) is -2.88. The van der Waals surface area contributed by atoms with Gasteiger partial charge in [-0.1, -0.05) is 13.3 Å². The first-order valence-corrected chi connectivity index (χ1v) is 9.61. The molecular formula is C17H29N7O6. The fourth-order valence-electron chi connectivity index (χ4n) is 2.70. The molecule has 0 spiro atoms. The molecule has 1 aliphatic rings. The molecule has 0 aromatic rings. The number of nitrogens with zero attached hydrogens (tertiary/aromatic N) is 2. The summed E-state index contributed by atoms with van der Waals surface area (Å²) in [6.45, 7) is 1.92. The third kappa shape index (κ3) is 8.32. The first-order chi connectivity index (χ1) is 14.1. The van der Waals surface area contributed by atoms with Crippen LogP contribution in [0.15, 0.2) is 4.99 Å². The molecule has 30 heavy (non-hydrogen) atoms. The summed E-state index contributed by atoms with van der Waals surface area (Å²) in [7, 11) is 0. The van der Waals surface area contributed by atoms with Gasteiger partial charge in [-0.15, -0.1) is 0 Å². The minimum Gasteiger partial charge on any atom is -0.481 e. The second kappa shape index (κ2) is 12.2. The second-order valence-electron chi connectivity index (χ2n) is 6.74. The molecule has 0 aromatic carbocycles. The van der Waals surface area contributed by atoms with Crippen LogP contribution in [0.5, 0.6) is 0 Å². The van der Waals surface area contributed by atoms with E-state index in [1.54, 1.807) is 0 Å². The van der Waals surface area contributed by atoms with Crippen LogP contribution in [0, 0.1) is 0 Å². The number of nitrogens with two attached hydrogens (primary N) is 2. The van der Waals surface area contributed by atoms with Crippen molar-refractivity contribution >= 4 is 35.7 Å². The van der Waals surface area contributed by atoms with Crippen LogP contribution < -0.4 is 27.4 Å². The standard InChI is InChI=1S/C17H29N7O6/c1-2-3-6-20-14(28)11(8-13(26)27)22-12(25)9-24-15(29)10(23-17(24)30)5-4-7-21-16(18)19/h10-11H,2-9H2,1H3,(H,20,28)(H,22,25)(H,23,30)(H,26,27)(H4,18,19,21)/t10-,11-/m0/s1. The van der Waals surface area contributed by atoms with Crippen LogP contribution in [0.25, 0.3) is 0 Å². The Balaban J connectivity index is 2.62. The van der Waals surface area contributed by atoms with E-state index in [0.717, 1.165) is 6.42 Å². The number of hydrogen-bond acceptors (Lipinski definition) is 6. The highest BCUT2D eigenvalue weighted by Gasteiger charge is 2.39. The number of imide groups is 1. The summed E-state index contributed by atoms with van der Waals surface area (Å²) >= 11 is 0. The molecule has 1 fully saturated rings. The van der Waals surface area contributed by atoms with E-state index in [9.17, 15) is 24.0 Å². The topological polar surface area (TPSA) is 209 Å². The summed E-state index contributed by atoms with van der Waals surface area (Å²) in [5.74, 6) is -3.42. The van der Waals surface area contributed by atoms with Gasteiger partial charge in [-0.2, -0.15) is 0 Å². The maximum atomic E-state index is 12.4. The normalized spacial score (nSPS) is 16.6. The van der Waals surface area contributed by atoms with Crippen LogP contribution in [0.2, 0.25) is 0 Å². The zero-order valence-corrected chi connectivity index (χ0v) is 16.8. The van der Waals surface area contributed by atoms with Gasteiger partial charge in [-0.25, -0.2) is 4.79 Å². The van der Waals surface area contributed by atoms with Gasteiger partial charge in [0.25, 0.3) is 5.91 Å². The van der Waals surface area contributed by atoms with Crippen LogP contribution in [0.3, 0.4) is 0 Å². The van der Waals surface area contributed by atoms with Crippen molar-refractivity contribution in [2.45, 2.75) is 51.1 Å². The molecule has 5 amide bonds. The molecule has 0 bridgehead atoms. The van der Waals surface area contributed by atoms with Gasteiger partial charge in [0.1, 0.15) is 18.6 Å². The van der Waals surface area contributed by atoms with E-state index in [-0.39, 0.29) is 18.9 Å². The number of carboxylic acid groups (broad SMARTS) is 1. The number of carboxylic acids is 1. The van der Waals surface area contributed by atoms with Crippen molar-refractivity contribution in [3.05, 3.63) is 0 Å². The van der Waals surface area contributed by atoms with E-state index < -0.39 is 54.8 Å². The van der Waals surface area contributed by atoms with E-state index in [2.05, 4.69) is 20.9 Å². The Kier molecular flexibility index (Phi) is 10.1. The van der Waals surface area contributed by atoms with Crippen LogP contribution in [0.1, 0.15) is 39.0 Å². The molecule has 0 aliphatic carbocycles. The van der Waals surface area contributed by atoms with Crippen molar-refractivity contribution < 1.29 is 29.1 Å². The van der Waals surface area contributed by atoms with E-state index in [1.807, 2.05) is 6.92 Å². The summed E-state index contributed by atoms with van der Waals surface area (Å²) in [5, 5.41) is 16.3. The number of aliphatic carboxylic acids is 1. The molecule has 0 saturated carbocycles. The first-order valence-electron chi connectivity index (χ1n) is 9.61. The zero-order chi connectivity index (χ0) is 22.7. The van der Waals surface area contributed by atoms with Crippen LogP contribution >= 0.6 is 0 Å². The van der Waals surface area contributed by atoms with Gasteiger partial charge in [0, 0.05) is 13.1 Å². The Labute approximate surface area is 173 Å². The predicted octanol–water partition coefficient (Wildman–Crippen LogP) is -2.16. The number of nitrogens with one attached hydrogen (secondary N) is 3. The predicted molar refractivity (Wildman–Crippen MR) is 106 cm³/mol. The molecule has 0 radical (unpaired) electrons. The molecule has 2 atom stereocenters. The lowest BCUT2D eigenvalue weighted by Crippen LogP contribution is -2.51. The number of guanidine groups is 1. The second-order valence-corrected chi connectivity index (χ2v) is 6.74. The number of carbonyl (C=O) groups is 5. The molecule has 0 aromatic heterocycles. The Morgan fingerprint density at radius 1 is 1.27 bits per heavy atom. The smallest absolute Gasteiger partial charge is 0.325 e. The van der Waals surface area contributed by atoms with E-state index >= 15 is 0 Å². The van der Waals surface area contributed by atoms with Gasteiger partial charge >= 0.3 is 12.0 Å². The molecule has 0 unspecified atom stereocenters. The molecular weight excluding hydrogens is 398 g/mol. The molecule has 13 nitrogen and oxygen atoms in total. The number of hydrogen-bond donors (Lipinski definition) is 6. The number of aliphatic imine (C=N–C) groups is 1. The number of carbonyl (C=O) groups excluding carboxylic acids is 4. The molecule has 1 aliphatic heterocycles. The lowest BCUT2D eigenvalue weighted by Gasteiger charge is -2.19. The Morgan fingerprint density at radius 3 is 2.57 bits per heavy atom. The highest BCUT2D eigenvalue weighted by molar-refractivity contribution is 6.06. The summed E-state index contributed by atoms with van der Waals surface area (Å²) in [5.41, 5.74) is 10.4. The number of amides is 5. The molecule has 1 rings (SSSR count). The number of unbranched alkanes of at least 4 members (excludes halogenated alkanes) is 1. The maximum Gasteiger partial charge on any atom is 0.325 e. The molecule has 168 valence electrons. The highest BCUT2D eigenvalue weighted by atomic mass is 16.4. The van der Waals surface area contributed by atoms with Crippen LogP contribution in [-0.2, 0) is 19.2 Å². The Morgan fingerprint density at radius 2 is 1.97 bits per heavy atom.